The molecule has 36 heavy (non-hydrogen) atoms. The van der Waals surface area contributed by atoms with Crippen molar-refractivity contribution in [1.29, 1.82) is 0 Å². The van der Waals surface area contributed by atoms with E-state index in [1.807, 2.05) is 89.8 Å². The van der Waals surface area contributed by atoms with Crippen LogP contribution in [0.5, 0.6) is 5.75 Å². The SMILES string of the molecule is COc1ccc(N2CCN(CC(=O)NC(c3ccccc3)c3ccccc3)[C@H](C(=O)N(C)C)C2)cc1. The number of methoxy groups -OCH3 is 1. The molecule has 0 saturated carbocycles. The average Bonchev–Trinajstić information content (AvgIpc) is 2.92. The molecule has 0 radical (unpaired) electrons. The molecule has 0 unspecified atom stereocenters. The van der Waals surface area contributed by atoms with E-state index < -0.39 is 6.04 Å². The van der Waals surface area contributed by atoms with Gasteiger partial charge in [0.05, 0.1) is 19.7 Å². The molecule has 1 atom stereocenters. The van der Waals surface area contributed by atoms with Gasteiger partial charge in [-0.1, -0.05) is 60.7 Å². The second kappa shape index (κ2) is 11.7. The van der Waals surface area contributed by atoms with Crippen molar-refractivity contribution in [1.82, 2.24) is 15.1 Å². The van der Waals surface area contributed by atoms with Gasteiger partial charge >= 0.3 is 0 Å². The number of anilines is 1. The Labute approximate surface area is 213 Å². The maximum absolute atomic E-state index is 13.3. The monoisotopic (exact) mass is 486 g/mol. The van der Waals surface area contributed by atoms with E-state index in [9.17, 15) is 9.59 Å². The summed E-state index contributed by atoms with van der Waals surface area (Å²) in [5, 5.41) is 3.21. The highest BCUT2D eigenvalue weighted by Gasteiger charge is 2.35. The number of hydrogen-bond donors (Lipinski definition) is 1. The summed E-state index contributed by atoms with van der Waals surface area (Å²) in [5.41, 5.74) is 3.06. The summed E-state index contributed by atoms with van der Waals surface area (Å²) in [5.74, 6) is 0.673. The van der Waals surface area contributed by atoms with Gasteiger partial charge < -0.3 is 19.9 Å². The van der Waals surface area contributed by atoms with Crippen LogP contribution in [0.2, 0.25) is 0 Å². The summed E-state index contributed by atoms with van der Waals surface area (Å²) >= 11 is 0. The predicted octanol–water partition coefficient (Wildman–Crippen LogP) is 3.18. The Morgan fingerprint density at radius 3 is 2.03 bits per heavy atom. The molecule has 1 heterocycles. The van der Waals surface area contributed by atoms with Gasteiger partial charge in [-0.05, 0) is 35.4 Å². The normalized spacial score (nSPS) is 16.0. The molecular formula is C29H34N4O3. The molecule has 1 fully saturated rings. The van der Waals surface area contributed by atoms with E-state index in [0.717, 1.165) is 29.1 Å². The fourth-order valence-electron chi connectivity index (χ4n) is 4.61. The summed E-state index contributed by atoms with van der Waals surface area (Å²) in [4.78, 5) is 32.2. The molecule has 188 valence electrons. The molecule has 7 nitrogen and oxygen atoms in total. The number of carbonyl (C=O) groups is 2. The molecule has 3 aromatic carbocycles. The number of rotatable bonds is 8. The van der Waals surface area contributed by atoms with E-state index >= 15 is 0 Å². The van der Waals surface area contributed by atoms with Gasteiger partial charge in [-0.25, -0.2) is 0 Å². The number of likely N-dealkylation sites (N-methyl/N-ethyl adjacent to an activating group) is 1. The minimum Gasteiger partial charge on any atom is -0.497 e. The van der Waals surface area contributed by atoms with Crippen molar-refractivity contribution in [3.63, 3.8) is 0 Å². The van der Waals surface area contributed by atoms with E-state index in [4.69, 9.17) is 4.74 Å². The molecule has 0 aliphatic carbocycles. The number of benzene rings is 3. The molecule has 2 amide bonds. The van der Waals surface area contributed by atoms with Crippen molar-refractivity contribution in [3.8, 4) is 5.75 Å². The third kappa shape index (κ3) is 6.04. The molecule has 4 rings (SSSR count). The number of piperazine rings is 1. The van der Waals surface area contributed by atoms with Gasteiger partial charge in [0.2, 0.25) is 11.8 Å². The second-order valence-electron chi connectivity index (χ2n) is 9.18. The molecular weight excluding hydrogens is 452 g/mol. The van der Waals surface area contributed by atoms with E-state index in [-0.39, 0.29) is 24.4 Å². The second-order valence-corrected chi connectivity index (χ2v) is 9.18. The average molecular weight is 487 g/mol. The summed E-state index contributed by atoms with van der Waals surface area (Å²) < 4.78 is 5.27. The minimum atomic E-state index is -0.423. The van der Waals surface area contributed by atoms with Gasteiger partial charge in [0.25, 0.3) is 0 Å². The first kappa shape index (κ1) is 25.3. The Balaban J connectivity index is 1.49. The van der Waals surface area contributed by atoms with Crippen LogP contribution in [0.3, 0.4) is 0 Å². The number of nitrogens with one attached hydrogen (secondary N) is 1. The fourth-order valence-corrected chi connectivity index (χ4v) is 4.61. The summed E-state index contributed by atoms with van der Waals surface area (Å²) in [6, 6.07) is 27.1. The molecule has 0 bridgehead atoms. The van der Waals surface area contributed by atoms with E-state index in [1.165, 1.54) is 0 Å². The van der Waals surface area contributed by atoms with Gasteiger partial charge in [-0.3, -0.25) is 14.5 Å². The number of nitrogens with zero attached hydrogens (tertiary/aromatic N) is 3. The predicted molar refractivity (Wildman–Crippen MR) is 142 cm³/mol. The molecule has 0 spiro atoms. The number of hydrogen-bond acceptors (Lipinski definition) is 5. The molecule has 3 aromatic rings. The largest absolute Gasteiger partial charge is 0.497 e. The van der Waals surface area contributed by atoms with Crippen LogP contribution in [0.1, 0.15) is 17.2 Å². The minimum absolute atomic E-state index is 0.0105. The van der Waals surface area contributed by atoms with Crippen LogP contribution in [0.15, 0.2) is 84.9 Å². The van der Waals surface area contributed by atoms with E-state index in [2.05, 4.69) is 10.2 Å². The van der Waals surface area contributed by atoms with Crippen molar-refractivity contribution in [2.45, 2.75) is 12.1 Å². The number of ether oxygens (including phenoxy) is 1. The first-order chi connectivity index (χ1) is 17.5. The van der Waals surface area contributed by atoms with Crippen LogP contribution in [-0.4, -0.2) is 75.0 Å². The van der Waals surface area contributed by atoms with Crippen molar-refractivity contribution >= 4 is 17.5 Å². The molecule has 1 N–H and O–H groups in total. The van der Waals surface area contributed by atoms with Crippen LogP contribution in [-0.2, 0) is 9.59 Å². The summed E-state index contributed by atoms with van der Waals surface area (Å²) in [7, 11) is 5.16. The molecule has 7 heteroatoms. The Hall–Kier alpha value is -3.84. The van der Waals surface area contributed by atoms with Crippen LogP contribution in [0.25, 0.3) is 0 Å². The number of amides is 2. The quantitative estimate of drug-likeness (QED) is 0.530. The topological polar surface area (TPSA) is 65.1 Å². The third-order valence-corrected chi connectivity index (χ3v) is 6.57. The van der Waals surface area contributed by atoms with E-state index in [1.54, 1.807) is 26.1 Å². The highest BCUT2D eigenvalue weighted by Crippen LogP contribution is 2.24. The van der Waals surface area contributed by atoms with Gasteiger partial charge in [0, 0.05) is 39.4 Å². The third-order valence-electron chi connectivity index (χ3n) is 6.57. The first-order valence-electron chi connectivity index (χ1n) is 12.2. The molecule has 0 aromatic heterocycles. The van der Waals surface area contributed by atoms with Crippen molar-refractivity contribution < 1.29 is 14.3 Å². The van der Waals surface area contributed by atoms with Gasteiger partial charge in [0.15, 0.2) is 0 Å². The Morgan fingerprint density at radius 1 is 0.917 bits per heavy atom. The molecule has 1 aliphatic heterocycles. The van der Waals surface area contributed by atoms with Crippen molar-refractivity contribution in [2.75, 3.05) is 52.3 Å². The maximum atomic E-state index is 13.3. The van der Waals surface area contributed by atoms with Crippen LogP contribution in [0.4, 0.5) is 5.69 Å². The Bertz CT molecular complexity index is 1100. The van der Waals surface area contributed by atoms with Crippen molar-refractivity contribution in [3.05, 3.63) is 96.1 Å². The lowest BCUT2D eigenvalue weighted by Crippen LogP contribution is -2.60. The van der Waals surface area contributed by atoms with Crippen LogP contribution >= 0.6 is 0 Å². The first-order valence-corrected chi connectivity index (χ1v) is 12.2. The van der Waals surface area contributed by atoms with Gasteiger partial charge in [-0.15, -0.1) is 0 Å². The highest BCUT2D eigenvalue weighted by atomic mass is 16.5. The van der Waals surface area contributed by atoms with Crippen LogP contribution < -0.4 is 15.0 Å². The van der Waals surface area contributed by atoms with E-state index in [0.29, 0.717) is 13.1 Å². The van der Waals surface area contributed by atoms with Crippen LogP contribution in [0, 0.1) is 0 Å². The smallest absolute Gasteiger partial charge is 0.241 e. The standard InChI is InChI=1S/C29H34N4O3/c1-31(2)29(35)26-20-32(24-14-16-25(36-3)17-15-24)18-19-33(26)21-27(34)30-28(22-10-6-4-7-11-22)23-12-8-5-9-13-23/h4-17,26,28H,18-21H2,1-3H3,(H,30,34)/t26-/m0/s1. The molecule has 1 saturated heterocycles. The lowest BCUT2D eigenvalue weighted by molar-refractivity contribution is -0.136. The lowest BCUT2D eigenvalue weighted by Gasteiger charge is -2.42. The Kier molecular flexibility index (Phi) is 8.23. The van der Waals surface area contributed by atoms with Crippen molar-refractivity contribution in [2.24, 2.45) is 0 Å². The van der Waals surface area contributed by atoms with Gasteiger partial charge in [0.1, 0.15) is 11.8 Å². The summed E-state index contributed by atoms with van der Waals surface area (Å²) in [6.07, 6.45) is 0. The zero-order chi connectivity index (χ0) is 25.5. The summed E-state index contributed by atoms with van der Waals surface area (Å²) in [6.45, 7) is 1.98. The zero-order valence-corrected chi connectivity index (χ0v) is 21.1. The van der Waals surface area contributed by atoms with Gasteiger partial charge in [-0.2, -0.15) is 0 Å². The zero-order valence-electron chi connectivity index (χ0n) is 21.1. The lowest BCUT2D eigenvalue weighted by atomic mass is 9.98. The molecule has 1 aliphatic rings. The Morgan fingerprint density at radius 2 is 1.50 bits per heavy atom. The highest BCUT2D eigenvalue weighted by molar-refractivity contribution is 5.84. The number of carbonyl (C=O) groups excluding carboxylic acids is 2. The maximum Gasteiger partial charge on any atom is 0.241 e. The fraction of sp³-hybridized carbons (Fsp3) is 0.310.